The number of halogens is 1. The summed E-state index contributed by atoms with van der Waals surface area (Å²) in [5.41, 5.74) is 3.23. The van der Waals surface area contributed by atoms with Crippen molar-refractivity contribution in [3.05, 3.63) is 75.3 Å². The van der Waals surface area contributed by atoms with E-state index in [-0.39, 0.29) is 21.4 Å². The number of Topliss-reactive ketones (excluding diaryl/α,β-unsaturated/α-hetero) is 1. The molecule has 0 unspecified atom stereocenters. The summed E-state index contributed by atoms with van der Waals surface area (Å²) in [6.07, 6.45) is 1.31. The molecule has 0 radical (unpaired) electrons. The third kappa shape index (κ3) is 3.17. The largest absolute Gasteiger partial charge is 0.288 e. The maximum Gasteiger partial charge on any atom is 0.283 e. The van der Waals surface area contributed by atoms with Gasteiger partial charge < -0.3 is 0 Å². The zero-order chi connectivity index (χ0) is 18.4. The van der Waals surface area contributed by atoms with Gasteiger partial charge in [0.25, 0.3) is 10.0 Å². The molecule has 3 rings (SSSR count). The van der Waals surface area contributed by atoms with Gasteiger partial charge in [-0.15, -0.1) is 0 Å². The first kappa shape index (κ1) is 17.6. The SMILES string of the molecule is Cc1cc(C)c(S(=O)(=O)/N=C2\C=C(Cl)C(=O)c3ccccc32)c(C)c1. The Bertz CT molecular complexity index is 1040. The summed E-state index contributed by atoms with van der Waals surface area (Å²) in [7, 11) is -3.95. The average Bonchev–Trinajstić information content (AvgIpc) is 2.50. The number of benzene rings is 2. The molecule has 0 atom stereocenters. The maximum absolute atomic E-state index is 12.9. The van der Waals surface area contributed by atoms with Crippen LogP contribution in [0, 0.1) is 20.8 Å². The molecule has 128 valence electrons. The van der Waals surface area contributed by atoms with Gasteiger partial charge in [0.1, 0.15) is 0 Å². The number of allylic oxidation sites excluding steroid dienone is 2. The van der Waals surface area contributed by atoms with Gasteiger partial charge >= 0.3 is 0 Å². The van der Waals surface area contributed by atoms with Crippen LogP contribution in [-0.4, -0.2) is 19.9 Å². The lowest BCUT2D eigenvalue weighted by atomic mass is 9.94. The number of aryl methyl sites for hydroxylation is 3. The summed E-state index contributed by atoms with van der Waals surface area (Å²) in [6.45, 7) is 5.40. The fourth-order valence-corrected chi connectivity index (χ4v) is 4.76. The van der Waals surface area contributed by atoms with E-state index >= 15 is 0 Å². The first-order chi connectivity index (χ1) is 11.7. The fraction of sp³-hybridized carbons (Fsp3) is 0.158. The van der Waals surface area contributed by atoms with Crippen LogP contribution in [0.25, 0.3) is 0 Å². The second-order valence-corrected chi connectivity index (χ2v) is 7.99. The molecule has 0 bridgehead atoms. The summed E-state index contributed by atoms with van der Waals surface area (Å²) >= 11 is 5.98. The Morgan fingerprint density at radius 2 is 1.52 bits per heavy atom. The van der Waals surface area contributed by atoms with Crippen molar-refractivity contribution >= 4 is 33.1 Å². The minimum absolute atomic E-state index is 0.0509. The lowest BCUT2D eigenvalue weighted by molar-refractivity contribution is 0.104. The molecule has 0 N–H and O–H groups in total. The molecular weight excluding hydrogens is 358 g/mol. The molecule has 0 saturated carbocycles. The quantitative estimate of drug-likeness (QED) is 0.795. The van der Waals surface area contributed by atoms with Gasteiger partial charge in [-0.1, -0.05) is 53.6 Å². The minimum atomic E-state index is -3.95. The minimum Gasteiger partial charge on any atom is -0.288 e. The highest BCUT2D eigenvalue weighted by atomic mass is 35.5. The van der Waals surface area contributed by atoms with Crippen molar-refractivity contribution in [2.75, 3.05) is 0 Å². The van der Waals surface area contributed by atoms with Gasteiger partial charge in [0.15, 0.2) is 0 Å². The van der Waals surface area contributed by atoms with Crippen molar-refractivity contribution in [1.29, 1.82) is 0 Å². The van der Waals surface area contributed by atoms with Crippen LogP contribution in [0.3, 0.4) is 0 Å². The predicted molar refractivity (Wildman–Crippen MR) is 99.1 cm³/mol. The van der Waals surface area contributed by atoms with E-state index in [4.69, 9.17) is 11.6 Å². The van der Waals surface area contributed by atoms with Crippen LogP contribution in [0.15, 0.2) is 56.8 Å². The number of ketones is 1. The van der Waals surface area contributed by atoms with Gasteiger partial charge in [0.05, 0.1) is 15.6 Å². The number of hydrogen-bond acceptors (Lipinski definition) is 3. The molecule has 0 spiro atoms. The number of hydrogen-bond donors (Lipinski definition) is 0. The Labute approximate surface area is 151 Å². The Kier molecular flexibility index (Phi) is 4.39. The lowest BCUT2D eigenvalue weighted by Gasteiger charge is -2.15. The number of sulfonamides is 1. The third-order valence-electron chi connectivity index (χ3n) is 4.01. The van der Waals surface area contributed by atoms with Crippen LogP contribution < -0.4 is 0 Å². The highest BCUT2D eigenvalue weighted by molar-refractivity contribution is 7.90. The molecule has 2 aromatic rings. The Balaban J connectivity index is 2.23. The van der Waals surface area contributed by atoms with Crippen molar-refractivity contribution in [1.82, 2.24) is 0 Å². The first-order valence-corrected chi connectivity index (χ1v) is 9.46. The van der Waals surface area contributed by atoms with Crippen LogP contribution in [0.2, 0.25) is 0 Å². The molecule has 4 nitrogen and oxygen atoms in total. The van der Waals surface area contributed by atoms with Gasteiger partial charge in [0, 0.05) is 11.1 Å². The zero-order valence-corrected chi connectivity index (χ0v) is 15.6. The standard InChI is InChI=1S/C19H16ClNO3S/c1-11-8-12(2)19(13(3)9-11)25(23,24)21-17-10-16(20)18(22)15-7-5-4-6-14(15)17/h4-10H,1-3H3/b21-17+. The van der Waals surface area contributed by atoms with Crippen molar-refractivity contribution < 1.29 is 13.2 Å². The molecule has 0 saturated heterocycles. The summed E-state index contributed by atoms with van der Waals surface area (Å²) in [5, 5.41) is -0.0509. The molecule has 0 amide bonds. The Hall–Kier alpha value is -2.24. The van der Waals surface area contributed by atoms with Gasteiger partial charge in [-0.2, -0.15) is 12.8 Å². The van der Waals surface area contributed by atoms with E-state index in [1.165, 1.54) is 6.08 Å². The van der Waals surface area contributed by atoms with Crippen molar-refractivity contribution in [2.24, 2.45) is 4.40 Å². The second-order valence-electron chi connectivity index (χ2n) is 6.05. The van der Waals surface area contributed by atoms with E-state index < -0.39 is 10.0 Å². The topological polar surface area (TPSA) is 63.6 Å². The molecule has 0 aliphatic heterocycles. The molecule has 25 heavy (non-hydrogen) atoms. The van der Waals surface area contributed by atoms with Crippen molar-refractivity contribution in [3.63, 3.8) is 0 Å². The van der Waals surface area contributed by atoms with E-state index in [2.05, 4.69) is 4.40 Å². The molecule has 6 heteroatoms. The number of carbonyl (C=O) groups is 1. The summed E-state index contributed by atoms with van der Waals surface area (Å²) in [6, 6.07) is 10.3. The van der Waals surface area contributed by atoms with E-state index in [1.54, 1.807) is 50.2 Å². The lowest BCUT2D eigenvalue weighted by Crippen LogP contribution is -2.17. The maximum atomic E-state index is 12.9. The van der Waals surface area contributed by atoms with Crippen LogP contribution in [-0.2, 0) is 10.0 Å². The Morgan fingerprint density at radius 1 is 0.960 bits per heavy atom. The van der Waals surface area contributed by atoms with Gasteiger partial charge in [0.2, 0.25) is 5.78 Å². The van der Waals surface area contributed by atoms with E-state index in [0.29, 0.717) is 22.3 Å². The van der Waals surface area contributed by atoms with Crippen LogP contribution in [0.5, 0.6) is 0 Å². The Morgan fingerprint density at radius 3 is 2.12 bits per heavy atom. The van der Waals surface area contributed by atoms with Crippen molar-refractivity contribution in [3.8, 4) is 0 Å². The third-order valence-corrected chi connectivity index (χ3v) is 5.89. The normalized spacial score (nSPS) is 15.9. The average molecular weight is 374 g/mol. The van der Waals surface area contributed by atoms with E-state index in [0.717, 1.165) is 5.56 Å². The molecule has 0 heterocycles. The van der Waals surface area contributed by atoms with Crippen LogP contribution in [0.1, 0.15) is 32.6 Å². The molecule has 0 fully saturated rings. The predicted octanol–water partition coefficient (Wildman–Crippen LogP) is 4.11. The number of carbonyl (C=O) groups excluding carboxylic acids is 1. The molecule has 1 aliphatic rings. The summed E-state index contributed by atoms with van der Waals surface area (Å²) < 4.78 is 29.8. The zero-order valence-electron chi connectivity index (χ0n) is 14.0. The van der Waals surface area contributed by atoms with Crippen LogP contribution >= 0.6 is 11.6 Å². The fourth-order valence-electron chi connectivity index (χ4n) is 3.12. The van der Waals surface area contributed by atoms with Gasteiger partial charge in [-0.25, -0.2) is 0 Å². The van der Waals surface area contributed by atoms with Gasteiger partial charge in [-0.3, -0.25) is 4.79 Å². The smallest absolute Gasteiger partial charge is 0.283 e. The monoisotopic (exact) mass is 373 g/mol. The second kappa shape index (κ2) is 6.24. The van der Waals surface area contributed by atoms with E-state index in [9.17, 15) is 13.2 Å². The number of nitrogens with zero attached hydrogens (tertiary/aromatic N) is 1. The number of fused-ring (bicyclic) bond motifs is 1. The molecule has 2 aromatic carbocycles. The molecular formula is C19H16ClNO3S. The highest BCUT2D eigenvalue weighted by Crippen LogP contribution is 2.28. The summed E-state index contributed by atoms with van der Waals surface area (Å²) in [4.78, 5) is 12.3. The molecule has 1 aliphatic carbocycles. The molecule has 0 aromatic heterocycles. The number of rotatable bonds is 2. The first-order valence-electron chi connectivity index (χ1n) is 7.65. The summed E-state index contributed by atoms with van der Waals surface area (Å²) in [5.74, 6) is -0.337. The van der Waals surface area contributed by atoms with Crippen molar-refractivity contribution in [2.45, 2.75) is 25.7 Å². The van der Waals surface area contributed by atoms with Crippen LogP contribution in [0.4, 0.5) is 0 Å². The van der Waals surface area contributed by atoms with Gasteiger partial charge in [-0.05, 0) is 38.0 Å². The van der Waals surface area contributed by atoms with E-state index in [1.807, 2.05) is 6.92 Å². The highest BCUT2D eigenvalue weighted by Gasteiger charge is 2.26.